The van der Waals surface area contributed by atoms with E-state index in [0.29, 0.717) is 63.5 Å². The van der Waals surface area contributed by atoms with Crippen molar-refractivity contribution < 1.29 is 18.7 Å². The third kappa shape index (κ3) is 3.38. The summed E-state index contributed by atoms with van der Waals surface area (Å²) >= 11 is 0. The Morgan fingerprint density at radius 1 is 1.08 bits per heavy atom. The lowest BCUT2D eigenvalue weighted by atomic mass is 10.1. The van der Waals surface area contributed by atoms with E-state index in [1.807, 2.05) is 28.0 Å². The average molecular weight is 344 g/mol. The molecule has 0 atom stereocenters. The van der Waals surface area contributed by atoms with Gasteiger partial charge in [-0.25, -0.2) is 0 Å². The summed E-state index contributed by atoms with van der Waals surface area (Å²) in [5.41, 5.74) is 0.934. The van der Waals surface area contributed by atoms with Crippen molar-refractivity contribution in [2.45, 2.75) is 13.3 Å². The number of hydrogen-bond acceptors (Lipinski definition) is 7. The Bertz CT molecular complexity index is 768. The van der Waals surface area contributed by atoms with E-state index in [9.17, 15) is 4.79 Å². The van der Waals surface area contributed by atoms with Gasteiger partial charge in [0, 0.05) is 33.1 Å². The minimum Gasteiger partial charge on any atom is -0.486 e. The fourth-order valence-corrected chi connectivity index (χ4v) is 3.05. The van der Waals surface area contributed by atoms with Crippen molar-refractivity contribution in [3.05, 3.63) is 29.7 Å². The van der Waals surface area contributed by atoms with Gasteiger partial charge in [0.1, 0.15) is 13.2 Å². The van der Waals surface area contributed by atoms with Crippen LogP contribution in [0.2, 0.25) is 0 Å². The highest BCUT2D eigenvalue weighted by Crippen LogP contribution is 2.31. The number of aromatic nitrogens is 2. The molecule has 0 bridgehead atoms. The first-order valence-corrected chi connectivity index (χ1v) is 8.40. The van der Waals surface area contributed by atoms with Gasteiger partial charge in [0.05, 0.1) is 6.42 Å². The normalized spacial score (nSPS) is 16.8. The molecule has 0 saturated carbocycles. The standard InChI is InChI=1S/C17H20N4O4/c1-12-18-19-17(25-12)21-6-4-20(5-7-21)16(22)11-13-2-3-14-15(10-13)24-9-8-23-14/h2-3,10H,4-9,11H2,1H3. The van der Waals surface area contributed by atoms with Gasteiger partial charge in [-0.05, 0) is 17.7 Å². The number of aryl methyl sites for hydroxylation is 1. The van der Waals surface area contributed by atoms with Crippen LogP contribution in [0, 0.1) is 6.92 Å². The smallest absolute Gasteiger partial charge is 0.318 e. The van der Waals surface area contributed by atoms with Crippen LogP contribution in [-0.2, 0) is 11.2 Å². The van der Waals surface area contributed by atoms with E-state index in [2.05, 4.69) is 10.2 Å². The fourth-order valence-electron chi connectivity index (χ4n) is 3.05. The SMILES string of the molecule is Cc1nnc(N2CCN(C(=O)Cc3ccc4c(c3)OCCO4)CC2)o1. The van der Waals surface area contributed by atoms with Crippen molar-refractivity contribution in [2.24, 2.45) is 0 Å². The molecule has 1 fully saturated rings. The predicted octanol–water partition coefficient (Wildman–Crippen LogP) is 1.04. The molecule has 0 spiro atoms. The molecule has 0 unspecified atom stereocenters. The van der Waals surface area contributed by atoms with Gasteiger partial charge in [0.2, 0.25) is 11.8 Å². The van der Waals surface area contributed by atoms with Crippen molar-refractivity contribution in [3.63, 3.8) is 0 Å². The van der Waals surface area contributed by atoms with Crippen molar-refractivity contribution in [1.82, 2.24) is 15.1 Å². The molecule has 3 heterocycles. The van der Waals surface area contributed by atoms with Crippen molar-refractivity contribution >= 4 is 11.9 Å². The monoisotopic (exact) mass is 344 g/mol. The third-order valence-corrected chi connectivity index (χ3v) is 4.38. The van der Waals surface area contributed by atoms with Gasteiger partial charge in [0.25, 0.3) is 0 Å². The van der Waals surface area contributed by atoms with E-state index in [1.165, 1.54) is 0 Å². The lowest BCUT2D eigenvalue weighted by Crippen LogP contribution is -2.49. The summed E-state index contributed by atoms with van der Waals surface area (Å²) in [7, 11) is 0. The zero-order valence-electron chi connectivity index (χ0n) is 14.1. The molecule has 2 aromatic rings. The number of hydrogen-bond donors (Lipinski definition) is 0. The number of benzene rings is 1. The maximum atomic E-state index is 12.6. The number of ether oxygens (including phenoxy) is 2. The Hall–Kier alpha value is -2.77. The van der Waals surface area contributed by atoms with Crippen LogP contribution >= 0.6 is 0 Å². The van der Waals surface area contributed by atoms with E-state index >= 15 is 0 Å². The second kappa shape index (κ2) is 6.62. The van der Waals surface area contributed by atoms with E-state index < -0.39 is 0 Å². The summed E-state index contributed by atoms with van der Waals surface area (Å²) < 4.78 is 16.5. The van der Waals surface area contributed by atoms with Crippen molar-refractivity contribution in [2.75, 3.05) is 44.3 Å². The number of nitrogens with zero attached hydrogens (tertiary/aromatic N) is 4. The first kappa shape index (κ1) is 15.7. The molecule has 1 aromatic heterocycles. The van der Waals surface area contributed by atoms with E-state index in [0.717, 1.165) is 11.3 Å². The Morgan fingerprint density at radius 2 is 1.84 bits per heavy atom. The van der Waals surface area contributed by atoms with E-state index in [4.69, 9.17) is 13.9 Å². The largest absolute Gasteiger partial charge is 0.486 e. The Labute approximate surface area is 145 Å². The summed E-state index contributed by atoms with van der Waals surface area (Å²) in [5.74, 6) is 2.11. The van der Waals surface area contributed by atoms with Crippen LogP contribution in [0.15, 0.2) is 22.6 Å². The summed E-state index contributed by atoms with van der Waals surface area (Å²) in [6, 6.07) is 6.20. The molecule has 1 amide bonds. The molecular weight excluding hydrogens is 324 g/mol. The quantitative estimate of drug-likeness (QED) is 0.823. The topological polar surface area (TPSA) is 80.9 Å². The minimum absolute atomic E-state index is 0.109. The third-order valence-electron chi connectivity index (χ3n) is 4.38. The van der Waals surface area contributed by atoms with Crippen LogP contribution in [0.4, 0.5) is 6.01 Å². The second-order valence-electron chi connectivity index (χ2n) is 6.13. The van der Waals surface area contributed by atoms with Gasteiger partial charge in [-0.3, -0.25) is 4.79 Å². The lowest BCUT2D eigenvalue weighted by Gasteiger charge is -2.33. The minimum atomic E-state index is 0.109. The van der Waals surface area contributed by atoms with Gasteiger partial charge < -0.3 is 23.7 Å². The zero-order chi connectivity index (χ0) is 17.2. The Balaban J connectivity index is 1.34. The molecule has 4 rings (SSSR count). The molecule has 2 aliphatic heterocycles. The van der Waals surface area contributed by atoms with Crippen LogP contribution in [0.1, 0.15) is 11.5 Å². The lowest BCUT2D eigenvalue weighted by molar-refractivity contribution is -0.130. The van der Waals surface area contributed by atoms with Gasteiger partial charge >= 0.3 is 6.01 Å². The molecular formula is C17H20N4O4. The molecule has 8 heteroatoms. The van der Waals surface area contributed by atoms with Gasteiger partial charge in [0.15, 0.2) is 11.5 Å². The van der Waals surface area contributed by atoms with Crippen LogP contribution in [-0.4, -0.2) is 60.4 Å². The molecule has 1 saturated heterocycles. The number of carbonyl (C=O) groups is 1. The number of piperazine rings is 1. The van der Waals surface area contributed by atoms with Crippen LogP contribution in [0.3, 0.4) is 0 Å². The number of carbonyl (C=O) groups excluding carboxylic acids is 1. The van der Waals surface area contributed by atoms with Gasteiger partial charge in [-0.15, -0.1) is 5.10 Å². The first-order chi connectivity index (χ1) is 12.2. The average Bonchev–Trinajstić information content (AvgIpc) is 3.08. The summed E-state index contributed by atoms with van der Waals surface area (Å²) in [4.78, 5) is 16.4. The summed E-state index contributed by atoms with van der Waals surface area (Å²) in [5, 5.41) is 7.87. The molecule has 8 nitrogen and oxygen atoms in total. The molecule has 1 aromatic carbocycles. The second-order valence-corrected chi connectivity index (χ2v) is 6.13. The number of rotatable bonds is 3. The van der Waals surface area contributed by atoms with Crippen LogP contribution < -0.4 is 14.4 Å². The number of amides is 1. The molecule has 2 aliphatic rings. The first-order valence-electron chi connectivity index (χ1n) is 8.40. The summed E-state index contributed by atoms with van der Waals surface area (Å²) in [6.45, 7) is 5.54. The van der Waals surface area contributed by atoms with Crippen LogP contribution in [0.25, 0.3) is 0 Å². The maximum absolute atomic E-state index is 12.6. The summed E-state index contributed by atoms with van der Waals surface area (Å²) in [6.07, 6.45) is 0.357. The molecule has 0 aliphatic carbocycles. The van der Waals surface area contributed by atoms with Crippen molar-refractivity contribution in [3.8, 4) is 11.5 Å². The number of fused-ring (bicyclic) bond motifs is 1. The molecule has 132 valence electrons. The van der Waals surface area contributed by atoms with Crippen LogP contribution in [0.5, 0.6) is 11.5 Å². The molecule has 0 radical (unpaired) electrons. The zero-order valence-corrected chi connectivity index (χ0v) is 14.1. The highest BCUT2D eigenvalue weighted by molar-refractivity contribution is 5.79. The molecule has 25 heavy (non-hydrogen) atoms. The fraction of sp³-hybridized carbons (Fsp3) is 0.471. The van der Waals surface area contributed by atoms with E-state index in [1.54, 1.807) is 6.92 Å². The van der Waals surface area contributed by atoms with Gasteiger partial charge in [-0.2, -0.15) is 0 Å². The highest BCUT2D eigenvalue weighted by atomic mass is 16.6. The highest BCUT2D eigenvalue weighted by Gasteiger charge is 2.24. The van der Waals surface area contributed by atoms with E-state index in [-0.39, 0.29) is 5.91 Å². The Morgan fingerprint density at radius 3 is 2.56 bits per heavy atom. The number of anilines is 1. The Kier molecular flexibility index (Phi) is 4.17. The predicted molar refractivity (Wildman–Crippen MR) is 89.0 cm³/mol. The van der Waals surface area contributed by atoms with Crippen molar-refractivity contribution in [1.29, 1.82) is 0 Å². The maximum Gasteiger partial charge on any atom is 0.318 e. The molecule has 0 N–H and O–H groups in total. The van der Waals surface area contributed by atoms with Gasteiger partial charge in [-0.1, -0.05) is 11.2 Å².